The summed E-state index contributed by atoms with van der Waals surface area (Å²) in [6.07, 6.45) is 1.72. The minimum atomic E-state index is 0.450. The van der Waals surface area contributed by atoms with Crippen molar-refractivity contribution in [2.75, 3.05) is 13.2 Å². The highest BCUT2D eigenvalue weighted by Crippen LogP contribution is 2.18. The monoisotopic (exact) mass is 233 g/mol. The van der Waals surface area contributed by atoms with E-state index in [2.05, 4.69) is 16.9 Å². The molecule has 92 valence electrons. The van der Waals surface area contributed by atoms with Crippen LogP contribution in [-0.2, 0) is 6.54 Å². The molecular formula is C13H19N3O. The van der Waals surface area contributed by atoms with E-state index in [0.29, 0.717) is 19.1 Å². The predicted molar refractivity (Wildman–Crippen MR) is 71.1 cm³/mol. The maximum absolute atomic E-state index is 5.66. The second kappa shape index (κ2) is 7.33. The number of ether oxygens (including phenoxy) is 1. The Morgan fingerprint density at radius 1 is 1.53 bits per heavy atom. The van der Waals surface area contributed by atoms with E-state index in [1.807, 2.05) is 31.2 Å². The summed E-state index contributed by atoms with van der Waals surface area (Å²) < 4.78 is 5.53. The highest BCUT2D eigenvalue weighted by Gasteiger charge is 2.01. The van der Waals surface area contributed by atoms with Crippen LogP contribution in [0.5, 0.6) is 5.75 Å². The van der Waals surface area contributed by atoms with E-state index < -0.39 is 0 Å². The Morgan fingerprint density at radius 2 is 2.29 bits per heavy atom. The van der Waals surface area contributed by atoms with Gasteiger partial charge in [0.2, 0.25) is 0 Å². The molecule has 0 unspecified atom stereocenters. The zero-order valence-electron chi connectivity index (χ0n) is 10.1. The molecule has 0 bridgehead atoms. The first-order valence-electron chi connectivity index (χ1n) is 5.63. The molecule has 3 N–H and O–H groups in total. The first-order chi connectivity index (χ1) is 8.27. The number of aliphatic imine (C=N–C) groups is 1. The van der Waals surface area contributed by atoms with Crippen LogP contribution >= 0.6 is 0 Å². The Labute approximate surface area is 102 Å². The van der Waals surface area contributed by atoms with Crippen LogP contribution < -0.4 is 15.8 Å². The van der Waals surface area contributed by atoms with Crippen molar-refractivity contribution in [3.8, 4) is 5.75 Å². The van der Waals surface area contributed by atoms with Crippen molar-refractivity contribution >= 4 is 5.96 Å². The van der Waals surface area contributed by atoms with Gasteiger partial charge in [-0.3, -0.25) is 0 Å². The number of para-hydroxylation sites is 1. The molecule has 4 heteroatoms. The third kappa shape index (κ3) is 4.59. The zero-order valence-corrected chi connectivity index (χ0v) is 10.1. The number of guanidine groups is 1. The topological polar surface area (TPSA) is 59.6 Å². The normalized spacial score (nSPS) is 11.0. The lowest BCUT2D eigenvalue weighted by atomic mass is 10.2. The van der Waals surface area contributed by atoms with Gasteiger partial charge in [-0.1, -0.05) is 30.9 Å². The van der Waals surface area contributed by atoms with Gasteiger partial charge in [0.25, 0.3) is 0 Å². The van der Waals surface area contributed by atoms with E-state index >= 15 is 0 Å². The van der Waals surface area contributed by atoms with Gasteiger partial charge in [0.1, 0.15) is 12.4 Å². The molecule has 1 aromatic carbocycles. The minimum Gasteiger partial charge on any atom is -0.489 e. The molecule has 0 saturated carbocycles. The maximum Gasteiger partial charge on any atom is 0.188 e. The molecule has 0 radical (unpaired) electrons. The van der Waals surface area contributed by atoms with Gasteiger partial charge in [0.15, 0.2) is 5.96 Å². The number of nitrogens with two attached hydrogens (primary N) is 1. The standard InChI is InChI=1S/C13H19N3O/c1-3-9-17-12-8-6-5-7-11(12)10-16-13(14)15-4-2/h3,5-8H,1,4,9-10H2,2H3,(H3,14,15,16). The average Bonchev–Trinajstić information content (AvgIpc) is 2.35. The van der Waals surface area contributed by atoms with Gasteiger partial charge in [-0.2, -0.15) is 0 Å². The lowest BCUT2D eigenvalue weighted by molar-refractivity contribution is 0.359. The van der Waals surface area contributed by atoms with Crippen molar-refractivity contribution in [1.29, 1.82) is 0 Å². The van der Waals surface area contributed by atoms with Crippen LogP contribution in [0.2, 0.25) is 0 Å². The predicted octanol–water partition coefficient (Wildman–Crippen LogP) is 1.68. The molecule has 0 aliphatic carbocycles. The van der Waals surface area contributed by atoms with Gasteiger partial charge in [0, 0.05) is 12.1 Å². The molecule has 0 heterocycles. The summed E-state index contributed by atoms with van der Waals surface area (Å²) in [5.41, 5.74) is 6.67. The van der Waals surface area contributed by atoms with E-state index in [0.717, 1.165) is 17.9 Å². The molecule has 0 fully saturated rings. The van der Waals surface area contributed by atoms with Gasteiger partial charge in [-0.05, 0) is 13.0 Å². The zero-order chi connectivity index (χ0) is 12.5. The second-order valence-corrected chi connectivity index (χ2v) is 3.44. The van der Waals surface area contributed by atoms with Crippen LogP contribution in [0.4, 0.5) is 0 Å². The fourth-order valence-corrected chi connectivity index (χ4v) is 1.33. The molecule has 0 aliphatic heterocycles. The molecule has 0 atom stereocenters. The van der Waals surface area contributed by atoms with Crippen LogP contribution in [0, 0.1) is 0 Å². The quantitative estimate of drug-likeness (QED) is 0.446. The van der Waals surface area contributed by atoms with Crippen molar-refractivity contribution in [3.05, 3.63) is 42.5 Å². The third-order valence-electron chi connectivity index (χ3n) is 2.11. The highest BCUT2D eigenvalue weighted by atomic mass is 16.5. The van der Waals surface area contributed by atoms with E-state index in [1.165, 1.54) is 0 Å². The van der Waals surface area contributed by atoms with E-state index in [1.54, 1.807) is 6.08 Å². The Kier molecular flexibility index (Phi) is 5.64. The fraction of sp³-hybridized carbons (Fsp3) is 0.308. The summed E-state index contributed by atoms with van der Waals surface area (Å²) >= 11 is 0. The summed E-state index contributed by atoms with van der Waals surface area (Å²) in [7, 11) is 0. The van der Waals surface area contributed by atoms with Crippen LogP contribution in [-0.4, -0.2) is 19.1 Å². The number of hydrogen-bond donors (Lipinski definition) is 2. The average molecular weight is 233 g/mol. The largest absolute Gasteiger partial charge is 0.489 e. The van der Waals surface area contributed by atoms with Crippen molar-refractivity contribution in [2.45, 2.75) is 13.5 Å². The smallest absolute Gasteiger partial charge is 0.188 e. The molecule has 1 aromatic rings. The van der Waals surface area contributed by atoms with Crippen LogP contribution in [0.15, 0.2) is 41.9 Å². The first-order valence-corrected chi connectivity index (χ1v) is 5.63. The number of nitrogens with zero attached hydrogens (tertiary/aromatic N) is 1. The molecule has 0 spiro atoms. The van der Waals surface area contributed by atoms with Crippen molar-refractivity contribution in [2.24, 2.45) is 10.7 Å². The third-order valence-corrected chi connectivity index (χ3v) is 2.11. The Balaban J connectivity index is 2.69. The van der Waals surface area contributed by atoms with Gasteiger partial charge < -0.3 is 15.8 Å². The lowest BCUT2D eigenvalue weighted by Crippen LogP contribution is -2.31. The summed E-state index contributed by atoms with van der Waals surface area (Å²) in [4.78, 5) is 4.23. The van der Waals surface area contributed by atoms with Gasteiger partial charge in [-0.15, -0.1) is 0 Å². The SMILES string of the molecule is C=CCOc1ccccc1CN=C(N)NCC. The Bertz CT molecular complexity index is 388. The van der Waals surface area contributed by atoms with Gasteiger partial charge in [-0.25, -0.2) is 4.99 Å². The fourth-order valence-electron chi connectivity index (χ4n) is 1.33. The molecule has 0 aliphatic rings. The molecule has 0 saturated heterocycles. The van der Waals surface area contributed by atoms with Crippen LogP contribution in [0.25, 0.3) is 0 Å². The molecular weight excluding hydrogens is 214 g/mol. The summed E-state index contributed by atoms with van der Waals surface area (Å²) in [5, 5.41) is 2.95. The molecule has 0 amide bonds. The molecule has 1 rings (SSSR count). The number of hydrogen-bond acceptors (Lipinski definition) is 2. The number of nitrogens with one attached hydrogen (secondary N) is 1. The molecule has 0 aromatic heterocycles. The Hall–Kier alpha value is -1.97. The minimum absolute atomic E-state index is 0.450. The van der Waals surface area contributed by atoms with Crippen LogP contribution in [0.1, 0.15) is 12.5 Å². The van der Waals surface area contributed by atoms with E-state index in [9.17, 15) is 0 Å². The highest BCUT2D eigenvalue weighted by molar-refractivity contribution is 5.77. The summed E-state index contributed by atoms with van der Waals surface area (Å²) in [6.45, 7) is 7.36. The summed E-state index contributed by atoms with van der Waals surface area (Å²) in [5.74, 6) is 1.27. The van der Waals surface area contributed by atoms with Crippen LogP contribution in [0.3, 0.4) is 0 Å². The van der Waals surface area contributed by atoms with E-state index in [-0.39, 0.29) is 0 Å². The second-order valence-electron chi connectivity index (χ2n) is 3.44. The maximum atomic E-state index is 5.66. The number of rotatable bonds is 6. The summed E-state index contributed by atoms with van der Waals surface area (Å²) in [6, 6.07) is 7.77. The van der Waals surface area contributed by atoms with Crippen molar-refractivity contribution in [3.63, 3.8) is 0 Å². The van der Waals surface area contributed by atoms with E-state index in [4.69, 9.17) is 10.5 Å². The van der Waals surface area contributed by atoms with Gasteiger partial charge in [0.05, 0.1) is 6.54 Å². The van der Waals surface area contributed by atoms with Gasteiger partial charge >= 0.3 is 0 Å². The Morgan fingerprint density at radius 3 is 3.00 bits per heavy atom. The lowest BCUT2D eigenvalue weighted by Gasteiger charge is -2.08. The molecule has 17 heavy (non-hydrogen) atoms. The number of benzene rings is 1. The first kappa shape index (κ1) is 13.1. The van der Waals surface area contributed by atoms with Crippen molar-refractivity contribution < 1.29 is 4.74 Å². The molecule has 4 nitrogen and oxygen atoms in total. The van der Waals surface area contributed by atoms with Crippen molar-refractivity contribution in [1.82, 2.24) is 5.32 Å².